The van der Waals surface area contributed by atoms with Gasteiger partial charge in [-0.2, -0.15) is 0 Å². The summed E-state index contributed by atoms with van der Waals surface area (Å²) in [5.74, 6) is -0.0967. The Bertz CT molecular complexity index is 581. The van der Waals surface area contributed by atoms with Crippen LogP contribution in [0, 0.1) is 5.82 Å². The summed E-state index contributed by atoms with van der Waals surface area (Å²) < 4.78 is 20.1. The zero-order valence-electron chi connectivity index (χ0n) is 10.6. The molecule has 0 aliphatic carbocycles. The number of hydrogen-bond donors (Lipinski definition) is 1. The van der Waals surface area contributed by atoms with Crippen LogP contribution in [0.4, 0.5) is 4.39 Å². The Morgan fingerprint density at radius 3 is 2.79 bits per heavy atom. The van der Waals surface area contributed by atoms with Gasteiger partial charge in [0, 0.05) is 21.2 Å². The number of aliphatic hydroxyl groups is 1. The Balaban J connectivity index is 2.38. The molecule has 102 valence electrons. The lowest BCUT2D eigenvalue weighted by Gasteiger charge is -2.25. The van der Waals surface area contributed by atoms with Crippen LogP contribution in [-0.4, -0.2) is 12.2 Å². The van der Waals surface area contributed by atoms with Crippen molar-refractivity contribution in [2.45, 2.75) is 18.9 Å². The van der Waals surface area contributed by atoms with Crippen LogP contribution in [0.3, 0.4) is 0 Å². The maximum absolute atomic E-state index is 14.0. The first kappa shape index (κ1) is 14.5. The fourth-order valence-electron chi connectivity index (χ4n) is 2.07. The predicted molar refractivity (Wildman–Crippen MR) is 78.2 cm³/mol. The van der Waals surface area contributed by atoms with E-state index in [-0.39, 0.29) is 5.56 Å². The van der Waals surface area contributed by atoms with Gasteiger partial charge in [0.2, 0.25) is 0 Å². The third-order valence-corrected chi connectivity index (χ3v) is 4.57. The van der Waals surface area contributed by atoms with Crippen LogP contribution in [0.15, 0.2) is 34.1 Å². The van der Waals surface area contributed by atoms with Crippen molar-refractivity contribution in [2.75, 3.05) is 7.11 Å². The smallest absolute Gasteiger partial charge is 0.133 e. The van der Waals surface area contributed by atoms with Gasteiger partial charge in [-0.1, -0.05) is 6.07 Å². The summed E-state index contributed by atoms with van der Waals surface area (Å²) in [6.45, 7) is 1.60. The number of halogens is 2. The fourth-order valence-corrected chi connectivity index (χ4v) is 3.67. The first-order valence-corrected chi connectivity index (χ1v) is 7.39. The monoisotopic (exact) mass is 344 g/mol. The second-order valence-electron chi connectivity index (χ2n) is 4.50. The Kier molecular flexibility index (Phi) is 4.28. The van der Waals surface area contributed by atoms with E-state index in [1.165, 1.54) is 24.5 Å². The van der Waals surface area contributed by atoms with Crippen LogP contribution in [0.2, 0.25) is 0 Å². The zero-order valence-corrected chi connectivity index (χ0v) is 13.0. The van der Waals surface area contributed by atoms with Gasteiger partial charge in [0.15, 0.2) is 0 Å². The molecule has 0 saturated carbocycles. The van der Waals surface area contributed by atoms with Crippen LogP contribution in [0.1, 0.15) is 17.4 Å². The minimum absolute atomic E-state index is 0.196. The van der Waals surface area contributed by atoms with E-state index in [4.69, 9.17) is 4.74 Å². The normalized spacial score (nSPS) is 14.2. The molecule has 5 heteroatoms. The summed E-state index contributed by atoms with van der Waals surface area (Å²) >= 11 is 4.89. The fraction of sp³-hybridized carbons (Fsp3) is 0.286. The second kappa shape index (κ2) is 5.61. The van der Waals surface area contributed by atoms with Gasteiger partial charge in [0.05, 0.1) is 18.3 Å². The minimum atomic E-state index is -1.32. The van der Waals surface area contributed by atoms with Gasteiger partial charge in [-0.3, -0.25) is 0 Å². The third kappa shape index (κ3) is 3.16. The Hall–Kier alpha value is -0.910. The first-order chi connectivity index (χ1) is 8.94. The number of methoxy groups -OCH3 is 1. The summed E-state index contributed by atoms with van der Waals surface area (Å²) in [5, 5.41) is 12.5. The Morgan fingerprint density at radius 1 is 1.47 bits per heavy atom. The average Bonchev–Trinajstić information content (AvgIpc) is 2.73. The van der Waals surface area contributed by atoms with Gasteiger partial charge in [-0.25, -0.2) is 4.39 Å². The van der Waals surface area contributed by atoms with E-state index in [2.05, 4.69) is 15.9 Å². The van der Waals surface area contributed by atoms with Crippen molar-refractivity contribution in [3.63, 3.8) is 0 Å². The number of thiophene rings is 1. The molecule has 1 atom stereocenters. The van der Waals surface area contributed by atoms with Crippen molar-refractivity contribution in [2.24, 2.45) is 0 Å². The van der Waals surface area contributed by atoms with Crippen molar-refractivity contribution in [1.82, 2.24) is 0 Å². The molecular formula is C14H14BrFO2S. The van der Waals surface area contributed by atoms with E-state index < -0.39 is 11.4 Å². The summed E-state index contributed by atoms with van der Waals surface area (Å²) in [6.07, 6.45) is 0.334. The number of hydrogen-bond acceptors (Lipinski definition) is 3. The highest BCUT2D eigenvalue weighted by Gasteiger charge is 2.31. The molecule has 1 N–H and O–H groups in total. The summed E-state index contributed by atoms with van der Waals surface area (Å²) in [7, 11) is 1.47. The molecule has 1 heterocycles. The first-order valence-electron chi connectivity index (χ1n) is 5.72. The maximum atomic E-state index is 14.0. The largest absolute Gasteiger partial charge is 0.496 e. The maximum Gasteiger partial charge on any atom is 0.133 e. The molecule has 0 bridgehead atoms. The SMILES string of the molecule is COc1cccc(F)c1C(C)(O)Cc1cc(Br)cs1. The molecule has 0 aliphatic rings. The van der Waals surface area contributed by atoms with E-state index in [1.54, 1.807) is 19.1 Å². The molecule has 2 rings (SSSR count). The lowest BCUT2D eigenvalue weighted by atomic mass is 9.90. The van der Waals surface area contributed by atoms with Crippen molar-refractivity contribution in [3.05, 3.63) is 50.4 Å². The molecule has 19 heavy (non-hydrogen) atoms. The molecule has 0 amide bonds. The Morgan fingerprint density at radius 2 is 2.21 bits per heavy atom. The average molecular weight is 345 g/mol. The van der Waals surface area contributed by atoms with E-state index in [9.17, 15) is 9.50 Å². The highest BCUT2D eigenvalue weighted by atomic mass is 79.9. The molecule has 0 radical (unpaired) electrons. The van der Waals surface area contributed by atoms with Crippen LogP contribution in [0.25, 0.3) is 0 Å². The Labute approximate surface area is 124 Å². The summed E-state index contributed by atoms with van der Waals surface area (Å²) in [4.78, 5) is 0.974. The van der Waals surface area contributed by atoms with Crippen LogP contribution < -0.4 is 4.74 Å². The molecule has 0 spiro atoms. The highest BCUT2D eigenvalue weighted by Crippen LogP contribution is 2.36. The van der Waals surface area contributed by atoms with Crippen LogP contribution in [0.5, 0.6) is 5.75 Å². The number of rotatable bonds is 4. The molecule has 1 aromatic carbocycles. The molecule has 0 saturated heterocycles. The van der Waals surface area contributed by atoms with Gasteiger partial charge in [-0.05, 0) is 41.1 Å². The zero-order chi connectivity index (χ0) is 14.0. The van der Waals surface area contributed by atoms with E-state index >= 15 is 0 Å². The van der Waals surface area contributed by atoms with Gasteiger partial charge in [0.1, 0.15) is 11.6 Å². The van der Waals surface area contributed by atoms with Gasteiger partial charge < -0.3 is 9.84 Å². The predicted octanol–water partition coefficient (Wildman–Crippen LogP) is 4.11. The lowest BCUT2D eigenvalue weighted by Crippen LogP contribution is -2.26. The molecule has 2 nitrogen and oxygen atoms in total. The van der Waals surface area contributed by atoms with Crippen LogP contribution >= 0.6 is 27.3 Å². The number of ether oxygens (including phenoxy) is 1. The highest BCUT2D eigenvalue weighted by molar-refractivity contribution is 9.10. The van der Waals surface area contributed by atoms with Gasteiger partial charge in [0.25, 0.3) is 0 Å². The van der Waals surface area contributed by atoms with Crippen molar-refractivity contribution in [3.8, 4) is 5.75 Å². The number of benzene rings is 1. The lowest BCUT2D eigenvalue weighted by molar-refractivity contribution is 0.0518. The molecule has 0 aliphatic heterocycles. The van der Waals surface area contributed by atoms with Gasteiger partial charge >= 0.3 is 0 Å². The van der Waals surface area contributed by atoms with Crippen molar-refractivity contribution < 1.29 is 14.2 Å². The standard InChI is InChI=1S/C14H14BrFO2S/c1-14(17,7-10-6-9(15)8-19-10)13-11(16)4-3-5-12(13)18-2/h3-6,8,17H,7H2,1-2H3. The van der Waals surface area contributed by atoms with Crippen molar-refractivity contribution >= 4 is 27.3 Å². The summed E-state index contributed by atoms with van der Waals surface area (Å²) in [5.41, 5.74) is -1.12. The molecule has 2 aromatic rings. The quantitative estimate of drug-likeness (QED) is 0.904. The van der Waals surface area contributed by atoms with E-state index in [0.29, 0.717) is 12.2 Å². The second-order valence-corrected chi connectivity index (χ2v) is 6.41. The van der Waals surface area contributed by atoms with Crippen molar-refractivity contribution in [1.29, 1.82) is 0 Å². The summed E-state index contributed by atoms with van der Waals surface area (Å²) in [6, 6.07) is 6.47. The van der Waals surface area contributed by atoms with E-state index in [1.807, 2.05) is 11.4 Å². The minimum Gasteiger partial charge on any atom is -0.496 e. The van der Waals surface area contributed by atoms with Gasteiger partial charge in [-0.15, -0.1) is 11.3 Å². The van der Waals surface area contributed by atoms with E-state index in [0.717, 1.165) is 9.35 Å². The van der Waals surface area contributed by atoms with Crippen LogP contribution in [-0.2, 0) is 12.0 Å². The molecule has 0 fully saturated rings. The molecule has 1 aromatic heterocycles. The third-order valence-electron chi connectivity index (χ3n) is 2.87. The molecular weight excluding hydrogens is 331 g/mol. The molecule has 1 unspecified atom stereocenters. The topological polar surface area (TPSA) is 29.5 Å².